The fraction of sp³-hybridized carbons (Fsp3) is 0.286. The summed E-state index contributed by atoms with van der Waals surface area (Å²) in [6.45, 7) is 3.92. The van der Waals surface area contributed by atoms with Crippen LogP contribution >= 0.6 is 0 Å². The van der Waals surface area contributed by atoms with E-state index in [1.807, 2.05) is 19.1 Å². The van der Waals surface area contributed by atoms with E-state index in [-0.39, 0.29) is 18.4 Å². The molecule has 0 bridgehead atoms. The first-order valence-corrected chi connectivity index (χ1v) is 11.9. The van der Waals surface area contributed by atoms with Crippen molar-refractivity contribution in [1.82, 2.24) is 0 Å². The molecule has 0 spiro atoms. The van der Waals surface area contributed by atoms with E-state index < -0.39 is 0 Å². The van der Waals surface area contributed by atoms with Gasteiger partial charge in [-0.25, -0.2) is 0 Å². The molecule has 3 aromatic carbocycles. The number of methoxy groups -OCH3 is 2. The fourth-order valence-electron chi connectivity index (χ4n) is 4.10. The monoisotopic (exact) mass is 489 g/mol. The van der Waals surface area contributed by atoms with E-state index in [2.05, 4.69) is 21.6 Å². The Bertz CT molecular complexity index is 1220. The number of nitrogens with zero attached hydrogens (tertiary/aromatic N) is 1. The van der Waals surface area contributed by atoms with Gasteiger partial charge in [-0.15, -0.1) is 0 Å². The molecule has 2 N–H and O–H groups in total. The molecule has 188 valence electrons. The van der Waals surface area contributed by atoms with Crippen LogP contribution in [0.5, 0.6) is 17.2 Å². The standard InChI is InChI=1S/C28H31N3O5/c1-19-16-22(31-14-4-5-15-31)9-12-24(19)30-28(33)20-6-13-25(26(17-20)35-3)36-18-27(32)29-21-7-10-23(34-2)11-8-21/h6-13,16-17H,4-5,14-15,18H2,1-3H3,(H,29,32)(H,30,33). The van der Waals surface area contributed by atoms with Gasteiger partial charge in [0, 0.05) is 35.7 Å². The largest absolute Gasteiger partial charge is 0.497 e. The van der Waals surface area contributed by atoms with Crippen LogP contribution in [-0.4, -0.2) is 45.7 Å². The zero-order chi connectivity index (χ0) is 25.5. The Kier molecular flexibility index (Phi) is 7.95. The third kappa shape index (κ3) is 6.07. The third-order valence-electron chi connectivity index (χ3n) is 6.09. The Hall–Kier alpha value is -4.20. The summed E-state index contributed by atoms with van der Waals surface area (Å²) >= 11 is 0. The van der Waals surface area contributed by atoms with Crippen molar-refractivity contribution >= 4 is 28.9 Å². The van der Waals surface area contributed by atoms with Crippen LogP contribution in [0, 0.1) is 6.92 Å². The second-order valence-corrected chi connectivity index (χ2v) is 8.58. The van der Waals surface area contributed by atoms with Gasteiger partial charge in [-0.05, 0) is 86.0 Å². The topological polar surface area (TPSA) is 89.1 Å². The summed E-state index contributed by atoms with van der Waals surface area (Å²) in [5.74, 6) is 0.851. The molecule has 1 aliphatic rings. The molecule has 1 fully saturated rings. The highest BCUT2D eigenvalue weighted by atomic mass is 16.5. The van der Waals surface area contributed by atoms with E-state index in [1.54, 1.807) is 49.6 Å². The number of nitrogens with one attached hydrogen (secondary N) is 2. The highest BCUT2D eigenvalue weighted by Crippen LogP contribution is 2.30. The van der Waals surface area contributed by atoms with Crippen molar-refractivity contribution in [2.24, 2.45) is 0 Å². The van der Waals surface area contributed by atoms with Gasteiger partial charge in [0.05, 0.1) is 14.2 Å². The number of aryl methyl sites for hydroxylation is 1. The summed E-state index contributed by atoms with van der Waals surface area (Å²) < 4.78 is 16.2. The van der Waals surface area contributed by atoms with Crippen LogP contribution in [-0.2, 0) is 4.79 Å². The average Bonchev–Trinajstić information content (AvgIpc) is 3.44. The molecule has 1 saturated heterocycles. The molecular formula is C28H31N3O5. The summed E-state index contributed by atoms with van der Waals surface area (Å²) in [6.07, 6.45) is 2.43. The quantitative estimate of drug-likeness (QED) is 0.445. The second kappa shape index (κ2) is 11.5. The summed E-state index contributed by atoms with van der Waals surface area (Å²) in [5.41, 5.74) is 4.00. The normalized spacial score (nSPS) is 12.7. The smallest absolute Gasteiger partial charge is 0.262 e. The van der Waals surface area contributed by atoms with E-state index in [4.69, 9.17) is 14.2 Å². The molecule has 0 radical (unpaired) electrons. The number of carbonyl (C=O) groups is 2. The fourth-order valence-corrected chi connectivity index (χ4v) is 4.10. The molecule has 0 unspecified atom stereocenters. The molecule has 36 heavy (non-hydrogen) atoms. The number of hydrogen-bond acceptors (Lipinski definition) is 6. The minimum Gasteiger partial charge on any atom is -0.497 e. The number of ether oxygens (including phenoxy) is 3. The molecular weight excluding hydrogens is 458 g/mol. The van der Waals surface area contributed by atoms with Gasteiger partial charge >= 0.3 is 0 Å². The maximum Gasteiger partial charge on any atom is 0.262 e. The van der Waals surface area contributed by atoms with Gasteiger partial charge in [0.2, 0.25) is 0 Å². The molecule has 3 aromatic rings. The number of amides is 2. The van der Waals surface area contributed by atoms with Crippen molar-refractivity contribution in [3.05, 3.63) is 71.8 Å². The molecule has 0 aromatic heterocycles. The van der Waals surface area contributed by atoms with E-state index in [0.717, 1.165) is 24.3 Å². The number of carbonyl (C=O) groups excluding carboxylic acids is 2. The van der Waals surface area contributed by atoms with Gasteiger partial charge < -0.3 is 29.7 Å². The van der Waals surface area contributed by atoms with Gasteiger partial charge in [-0.2, -0.15) is 0 Å². The van der Waals surface area contributed by atoms with Gasteiger partial charge in [0.1, 0.15) is 5.75 Å². The Balaban J connectivity index is 1.36. The number of benzene rings is 3. The van der Waals surface area contributed by atoms with Crippen molar-refractivity contribution in [3.8, 4) is 17.2 Å². The predicted octanol–water partition coefficient (Wildman–Crippen LogP) is 4.88. The first kappa shape index (κ1) is 24.9. The number of hydrogen-bond donors (Lipinski definition) is 2. The van der Waals surface area contributed by atoms with Gasteiger partial charge in [0.15, 0.2) is 18.1 Å². The van der Waals surface area contributed by atoms with Crippen molar-refractivity contribution in [1.29, 1.82) is 0 Å². The van der Waals surface area contributed by atoms with Crippen molar-refractivity contribution in [2.75, 3.05) is 49.4 Å². The SMILES string of the molecule is COc1ccc(NC(=O)COc2ccc(C(=O)Nc3ccc(N4CCCC4)cc3C)cc2OC)cc1. The van der Waals surface area contributed by atoms with E-state index >= 15 is 0 Å². The van der Waals surface area contributed by atoms with E-state index in [1.165, 1.54) is 25.6 Å². The zero-order valence-electron chi connectivity index (χ0n) is 20.8. The molecule has 8 nitrogen and oxygen atoms in total. The van der Waals surface area contributed by atoms with Crippen molar-refractivity contribution < 1.29 is 23.8 Å². The molecule has 1 aliphatic heterocycles. The van der Waals surface area contributed by atoms with Crippen LogP contribution in [0.15, 0.2) is 60.7 Å². The highest BCUT2D eigenvalue weighted by molar-refractivity contribution is 6.05. The molecule has 4 rings (SSSR count). The highest BCUT2D eigenvalue weighted by Gasteiger charge is 2.16. The van der Waals surface area contributed by atoms with Crippen LogP contribution in [0.1, 0.15) is 28.8 Å². The van der Waals surface area contributed by atoms with Crippen molar-refractivity contribution in [2.45, 2.75) is 19.8 Å². The number of rotatable bonds is 9. The van der Waals surface area contributed by atoms with E-state index in [0.29, 0.717) is 28.5 Å². The van der Waals surface area contributed by atoms with Crippen LogP contribution in [0.3, 0.4) is 0 Å². The zero-order valence-corrected chi connectivity index (χ0v) is 20.8. The second-order valence-electron chi connectivity index (χ2n) is 8.58. The molecule has 0 atom stereocenters. The lowest BCUT2D eigenvalue weighted by Gasteiger charge is -2.19. The lowest BCUT2D eigenvalue weighted by atomic mass is 10.1. The maximum atomic E-state index is 12.9. The van der Waals surface area contributed by atoms with Crippen LogP contribution in [0.25, 0.3) is 0 Å². The average molecular weight is 490 g/mol. The Morgan fingerprint density at radius 3 is 2.28 bits per heavy atom. The van der Waals surface area contributed by atoms with Gasteiger partial charge in [-0.1, -0.05) is 0 Å². The number of anilines is 3. The first-order valence-electron chi connectivity index (χ1n) is 11.9. The van der Waals surface area contributed by atoms with Crippen molar-refractivity contribution in [3.63, 3.8) is 0 Å². The Morgan fingerprint density at radius 2 is 1.61 bits per heavy atom. The maximum absolute atomic E-state index is 12.9. The minimum absolute atomic E-state index is 0.212. The van der Waals surface area contributed by atoms with Crippen LogP contribution < -0.4 is 29.7 Å². The lowest BCUT2D eigenvalue weighted by Crippen LogP contribution is -2.20. The van der Waals surface area contributed by atoms with Crippen LogP contribution in [0.2, 0.25) is 0 Å². The summed E-state index contributed by atoms with van der Waals surface area (Å²) in [4.78, 5) is 27.6. The Labute approximate surface area is 211 Å². The molecule has 8 heteroatoms. The van der Waals surface area contributed by atoms with Gasteiger partial charge in [-0.3, -0.25) is 9.59 Å². The predicted molar refractivity (Wildman–Crippen MR) is 141 cm³/mol. The Morgan fingerprint density at radius 1 is 0.861 bits per heavy atom. The molecule has 1 heterocycles. The summed E-state index contributed by atoms with van der Waals surface area (Å²) in [5, 5.41) is 5.73. The molecule has 0 saturated carbocycles. The molecule has 2 amide bonds. The van der Waals surface area contributed by atoms with Gasteiger partial charge in [0.25, 0.3) is 11.8 Å². The third-order valence-corrected chi connectivity index (χ3v) is 6.09. The summed E-state index contributed by atoms with van der Waals surface area (Å²) in [6, 6.07) is 18.0. The lowest BCUT2D eigenvalue weighted by molar-refractivity contribution is -0.118. The van der Waals surface area contributed by atoms with Crippen LogP contribution in [0.4, 0.5) is 17.1 Å². The summed E-state index contributed by atoms with van der Waals surface area (Å²) in [7, 11) is 3.07. The molecule has 0 aliphatic carbocycles. The van der Waals surface area contributed by atoms with E-state index in [9.17, 15) is 9.59 Å². The minimum atomic E-state index is -0.322. The first-order chi connectivity index (χ1) is 17.5.